The Balaban J connectivity index is 2.12. The second-order valence-electron chi connectivity index (χ2n) is 10.3. The highest BCUT2D eigenvalue weighted by Gasteiger charge is 2.31. The van der Waals surface area contributed by atoms with Gasteiger partial charge in [0.1, 0.15) is 12.1 Å². The van der Waals surface area contributed by atoms with Crippen molar-refractivity contribution in [3.63, 3.8) is 0 Å². The molecule has 0 bridgehead atoms. The molecule has 0 radical (unpaired) electrons. The lowest BCUT2D eigenvalue weighted by atomic mass is 9.87. The minimum atomic E-state index is -0.717. The first kappa shape index (κ1) is 28.8. The highest BCUT2D eigenvalue weighted by molar-refractivity contribution is 5.93. The number of unbranched alkanes of at least 4 members (excludes halogenated alkanes) is 1. The summed E-state index contributed by atoms with van der Waals surface area (Å²) >= 11 is 0. The molecule has 8 heteroatoms. The lowest BCUT2D eigenvalue weighted by Crippen LogP contribution is -2.57. The Morgan fingerprint density at radius 2 is 1.71 bits per heavy atom. The minimum absolute atomic E-state index is 0.0503. The summed E-state index contributed by atoms with van der Waals surface area (Å²) in [6.45, 7) is 6.44. The Morgan fingerprint density at radius 1 is 1.00 bits per heavy atom. The molecule has 4 unspecified atom stereocenters. The zero-order valence-corrected chi connectivity index (χ0v) is 22.3. The van der Waals surface area contributed by atoms with Crippen molar-refractivity contribution in [1.29, 1.82) is 0 Å². The number of benzene rings is 1. The van der Waals surface area contributed by atoms with Gasteiger partial charge in [0.05, 0.1) is 12.1 Å². The number of aryl methyl sites for hydroxylation is 1. The smallest absolute Gasteiger partial charge is 0.243 e. The van der Waals surface area contributed by atoms with Crippen LogP contribution in [0.3, 0.4) is 0 Å². The van der Waals surface area contributed by atoms with Gasteiger partial charge in [-0.05, 0) is 90.2 Å². The third kappa shape index (κ3) is 8.93. The van der Waals surface area contributed by atoms with Crippen LogP contribution in [0.1, 0.15) is 70.0 Å². The second-order valence-corrected chi connectivity index (χ2v) is 10.3. The largest absolute Gasteiger partial charge is 0.348 e. The first-order chi connectivity index (χ1) is 16.6. The van der Waals surface area contributed by atoms with E-state index in [0.29, 0.717) is 6.42 Å². The zero-order valence-electron chi connectivity index (χ0n) is 22.3. The monoisotopic (exact) mass is 487 g/mol. The Hall–Kier alpha value is -2.45. The van der Waals surface area contributed by atoms with Crippen LogP contribution >= 0.6 is 0 Å². The fourth-order valence-corrected chi connectivity index (χ4v) is 4.43. The summed E-state index contributed by atoms with van der Waals surface area (Å²) in [5.41, 5.74) is 2.44. The van der Waals surface area contributed by atoms with E-state index in [0.717, 1.165) is 44.2 Å². The van der Waals surface area contributed by atoms with Crippen LogP contribution in [0.15, 0.2) is 24.3 Å². The van der Waals surface area contributed by atoms with Crippen molar-refractivity contribution in [2.24, 2.45) is 5.92 Å². The molecule has 3 amide bonds. The molecule has 0 saturated carbocycles. The molecule has 4 N–H and O–H groups in total. The van der Waals surface area contributed by atoms with E-state index in [9.17, 15) is 14.4 Å². The summed E-state index contributed by atoms with van der Waals surface area (Å²) in [5.74, 6) is -0.853. The summed E-state index contributed by atoms with van der Waals surface area (Å²) in [6.07, 6.45) is 5.22. The van der Waals surface area contributed by atoms with Crippen molar-refractivity contribution in [3.05, 3.63) is 35.4 Å². The average Bonchev–Trinajstić information content (AvgIpc) is 2.83. The van der Waals surface area contributed by atoms with E-state index >= 15 is 0 Å². The Kier molecular flexibility index (Phi) is 11.7. The number of carbonyl (C=O) groups is 3. The van der Waals surface area contributed by atoms with Crippen LogP contribution in [0.25, 0.3) is 0 Å². The van der Waals surface area contributed by atoms with E-state index in [1.807, 2.05) is 40.1 Å². The molecular formula is C27H45N5O3. The van der Waals surface area contributed by atoms with Gasteiger partial charge in [-0.3, -0.25) is 14.4 Å². The van der Waals surface area contributed by atoms with E-state index in [1.54, 1.807) is 14.0 Å². The van der Waals surface area contributed by atoms with Gasteiger partial charge in [-0.1, -0.05) is 38.1 Å². The van der Waals surface area contributed by atoms with E-state index in [4.69, 9.17) is 0 Å². The topological polar surface area (TPSA) is 103 Å². The molecule has 8 nitrogen and oxygen atoms in total. The number of carbonyl (C=O) groups excluding carboxylic acids is 3. The quantitative estimate of drug-likeness (QED) is 0.319. The highest BCUT2D eigenvalue weighted by Crippen LogP contribution is 2.29. The van der Waals surface area contributed by atoms with Gasteiger partial charge >= 0.3 is 0 Å². The molecule has 0 fully saturated rings. The number of nitrogens with one attached hydrogen (secondary N) is 4. The average molecular weight is 488 g/mol. The van der Waals surface area contributed by atoms with Crippen molar-refractivity contribution in [2.45, 2.75) is 83.5 Å². The minimum Gasteiger partial charge on any atom is -0.348 e. The number of amides is 3. The van der Waals surface area contributed by atoms with E-state index in [1.165, 1.54) is 5.56 Å². The van der Waals surface area contributed by atoms with Gasteiger partial charge < -0.3 is 26.2 Å². The normalized spacial score (nSPS) is 17.9. The molecule has 4 atom stereocenters. The highest BCUT2D eigenvalue weighted by atomic mass is 16.2. The lowest BCUT2D eigenvalue weighted by molar-refractivity contribution is -0.133. The number of hydrogen-bond donors (Lipinski definition) is 4. The lowest BCUT2D eigenvalue weighted by Gasteiger charge is -2.30. The van der Waals surface area contributed by atoms with Gasteiger partial charge in [0.25, 0.3) is 0 Å². The molecule has 1 aromatic carbocycles. The molecule has 0 spiro atoms. The molecular weight excluding hydrogens is 442 g/mol. The van der Waals surface area contributed by atoms with Crippen LogP contribution in [-0.2, 0) is 20.8 Å². The molecule has 35 heavy (non-hydrogen) atoms. The molecule has 2 rings (SSSR count). The molecule has 1 aliphatic carbocycles. The number of fused-ring (bicyclic) bond motifs is 1. The molecule has 1 aliphatic rings. The zero-order chi connectivity index (χ0) is 26.0. The predicted octanol–water partition coefficient (Wildman–Crippen LogP) is 2.15. The number of rotatable bonds is 13. The third-order valence-corrected chi connectivity index (χ3v) is 6.74. The Labute approximate surface area is 211 Å². The van der Waals surface area contributed by atoms with Gasteiger partial charge in [0, 0.05) is 0 Å². The van der Waals surface area contributed by atoms with Crippen molar-refractivity contribution in [2.75, 3.05) is 27.7 Å². The Bertz CT molecular complexity index is 842. The van der Waals surface area contributed by atoms with E-state index < -0.39 is 18.1 Å². The van der Waals surface area contributed by atoms with Gasteiger partial charge in [-0.2, -0.15) is 0 Å². The van der Waals surface area contributed by atoms with Crippen LogP contribution < -0.4 is 21.3 Å². The van der Waals surface area contributed by atoms with Crippen LogP contribution in [0.5, 0.6) is 0 Å². The molecule has 0 aliphatic heterocycles. The van der Waals surface area contributed by atoms with E-state index in [-0.39, 0.29) is 29.7 Å². The van der Waals surface area contributed by atoms with Gasteiger partial charge in [0.2, 0.25) is 17.7 Å². The van der Waals surface area contributed by atoms with Crippen molar-refractivity contribution in [3.8, 4) is 0 Å². The molecule has 0 saturated heterocycles. The predicted molar refractivity (Wildman–Crippen MR) is 140 cm³/mol. The number of nitrogens with zero attached hydrogens (tertiary/aromatic N) is 1. The summed E-state index contributed by atoms with van der Waals surface area (Å²) in [5, 5.41) is 11.9. The maximum Gasteiger partial charge on any atom is 0.243 e. The Morgan fingerprint density at radius 3 is 2.37 bits per heavy atom. The standard InChI is InChI=1S/C27H45N5O3/c1-18(2)24(31-25(33)19(3)28-4)27(35)30-23(15-9-10-17-32(5)6)26(34)29-22-16-11-13-20-12-7-8-14-21(20)22/h7-8,12,14,18-19,22-24,28H,9-11,13,15-17H2,1-6H3,(H,29,34)(H,30,35)(H,31,33). The van der Waals surface area contributed by atoms with Crippen LogP contribution in [0.2, 0.25) is 0 Å². The molecule has 0 heterocycles. The summed E-state index contributed by atoms with van der Waals surface area (Å²) < 4.78 is 0. The fourth-order valence-electron chi connectivity index (χ4n) is 4.43. The molecule has 1 aromatic rings. The van der Waals surface area contributed by atoms with Crippen LogP contribution in [0.4, 0.5) is 0 Å². The molecule has 0 aromatic heterocycles. The first-order valence-electron chi connectivity index (χ1n) is 12.9. The van der Waals surface area contributed by atoms with Crippen molar-refractivity contribution >= 4 is 17.7 Å². The first-order valence-corrected chi connectivity index (χ1v) is 12.9. The van der Waals surface area contributed by atoms with Crippen molar-refractivity contribution < 1.29 is 14.4 Å². The van der Waals surface area contributed by atoms with Gasteiger partial charge in [0.15, 0.2) is 0 Å². The van der Waals surface area contributed by atoms with Gasteiger partial charge in [-0.25, -0.2) is 0 Å². The second kappa shape index (κ2) is 14.2. The SMILES string of the molecule is CNC(C)C(=O)NC(C(=O)NC(CCCCN(C)C)C(=O)NC1CCCc2ccccc21)C(C)C. The summed E-state index contributed by atoms with van der Waals surface area (Å²) in [6, 6.07) is 6.40. The van der Waals surface area contributed by atoms with Crippen LogP contribution in [-0.4, -0.2) is 68.4 Å². The van der Waals surface area contributed by atoms with Crippen LogP contribution in [0, 0.1) is 5.92 Å². The third-order valence-electron chi connectivity index (χ3n) is 6.74. The molecule has 196 valence electrons. The van der Waals surface area contributed by atoms with E-state index in [2.05, 4.69) is 38.3 Å². The summed E-state index contributed by atoms with van der Waals surface area (Å²) in [7, 11) is 5.75. The number of hydrogen-bond acceptors (Lipinski definition) is 5. The number of likely N-dealkylation sites (N-methyl/N-ethyl adjacent to an activating group) is 1. The van der Waals surface area contributed by atoms with Crippen molar-refractivity contribution in [1.82, 2.24) is 26.2 Å². The fraction of sp³-hybridized carbons (Fsp3) is 0.667. The summed E-state index contributed by atoms with van der Waals surface area (Å²) in [4.78, 5) is 41.2. The maximum absolute atomic E-state index is 13.4. The van der Waals surface area contributed by atoms with Gasteiger partial charge in [-0.15, -0.1) is 0 Å². The maximum atomic E-state index is 13.4.